The number of amides is 2. The molecule has 5 nitrogen and oxygen atoms in total. The van der Waals surface area contributed by atoms with Gasteiger partial charge in [0.1, 0.15) is 5.66 Å². The number of nitrogens with one attached hydrogen (secondary N) is 1. The summed E-state index contributed by atoms with van der Waals surface area (Å²) in [6.45, 7) is 2.02. The molecule has 2 amide bonds. The topological polar surface area (TPSA) is 52.7 Å². The third kappa shape index (κ3) is 2.17. The first-order chi connectivity index (χ1) is 13.1. The molecule has 2 fully saturated rings. The molecule has 138 valence electrons. The zero-order valence-electron chi connectivity index (χ0n) is 15.4. The molecule has 1 saturated heterocycles. The van der Waals surface area contributed by atoms with Gasteiger partial charge in [-0.3, -0.25) is 19.9 Å². The Labute approximate surface area is 158 Å². The van der Waals surface area contributed by atoms with Crippen LogP contribution in [0.2, 0.25) is 0 Å². The summed E-state index contributed by atoms with van der Waals surface area (Å²) in [7, 11) is 0. The van der Waals surface area contributed by atoms with Gasteiger partial charge in [-0.05, 0) is 44.0 Å². The Kier molecular flexibility index (Phi) is 3.39. The number of anilines is 2. The van der Waals surface area contributed by atoms with Gasteiger partial charge in [-0.1, -0.05) is 43.2 Å². The van der Waals surface area contributed by atoms with Crippen LogP contribution in [0.3, 0.4) is 0 Å². The summed E-state index contributed by atoms with van der Waals surface area (Å²) in [6.07, 6.45) is 4.65. The van der Waals surface area contributed by atoms with Crippen molar-refractivity contribution in [2.45, 2.75) is 44.7 Å². The number of fused-ring (bicyclic) bond motifs is 3. The number of hydrazine groups is 1. The average molecular weight is 361 g/mol. The SMILES string of the molecule is CC12CC3(CCCC3)C(=O)N1c1ccccc1C(=O)N2Nc1ccccc1. The molecule has 2 aromatic rings. The number of hydrogen-bond donors (Lipinski definition) is 1. The van der Waals surface area contributed by atoms with E-state index in [4.69, 9.17) is 0 Å². The second-order valence-electron chi connectivity index (χ2n) is 8.16. The Morgan fingerprint density at radius 3 is 2.33 bits per heavy atom. The number of para-hydroxylation sites is 2. The van der Waals surface area contributed by atoms with E-state index in [0.717, 1.165) is 37.1 Å². The van der Waals surface area contributed by atoms with Gasteiger partial charge in [0.25, 0.3) is 5.91 Å². The van der Waals surface area contributed by atoms with Crippen LogP contribution in [0.4, 0.5) is 11.4 Å². The number of carbonyl (C=O) groups is 2. The number of nitrogens with zero attached hydrogens (tertiary/aromatic N) is 2. The molecule has 1 N–H and O–H groups in total. The zero-order chi connectivity index (χ0) is 18.6. The van der Waals surface area contributed by atoms with Crippen LogP contribution in [0.1, 0.15) is 49.4 Å². The largest absolute Gasteiger partial charge is 0.294 e. The highest BCUT2D eigenvalue weighted by atomic mass is 16.2. The second kappa shape index (κ2) is 5.59. The van der Waals surface area contributed by atoms with E-state index in [1.165, 1.54) is 0 Å². The van der Waals surface area contributed by atoms with E-state index in [-0.39, 0.29) is 17.2 Å². The van der Waals surface area contributed by atoms with Gasteiger partial charge in [-0.2, -0.15) is 0 Å². The maximum absolute atomic E-state index is 13.6. The lowest BCUT2D eigenvalue weighted by Crippen LogP contribution is -2.64. The van der Waals surface area contributed by atoms with E-state index in [1.807, 2.05) is 66.4 Å². The van der Waals surface area contributed by atoms with Crippen LogP contribution in [-0.4, -0.2) is 22.5 Å². The van der Waals surface area contributed by atoms with Crippen molar-refractivity contribution in [2.75, 3.05) is 10.3 Å². The monoisotopic (exact) mass is 361 g/mol. The van der Waals surface area contributed by atoms with Crippen LogP contribution in [0.25, 0.3) is 0 Å². The van der Waals surface area contributed by atoms with Gasteiger partial charge in [0.05, 0.1) is 22.4 Å². The highest BCUT2D eigenvalue weighted by Crippen LogP contribution is 2.56. The van der Waals surface area contributed by atoms with Crippen LogP contribution in [0.15, 0.2) is 54.6 Å². The van der Waals surface area contributed by atoms with Crippen molar-refractivity contribution in [3.05, 3.63) is 60.2 Å². The summed E-state index contributed by atoms with van der Waals surface area (Å²) in [5.41, 5.74) is 4.39. The summed E-state index contributed by atoms with van der Waals surface area (Å²) in [4.78, 5) is 28.9. The van der Waals surface area contributed by atoms with E-state index in [9.17, 15) is 9.59 Å². The lowest BCUT2D eigenvalue weighted by Gasteiger charge is -2.48. The van der Waals surface area contributed by atoms with Crippen molar-refractivity contribution in [3.8, 4) is 0 Å². The van der Waals surface area contributed by atoms with Gasteiger partial charge < -0.3 is 0 Å². The fourth-order valence-electron chi connectivity index (χ4n) is 5.24. The molecule has 1 saturated carbocycles. The van der Waals surface area contributed by atoms with Crippen LogP contribution < -0.4 is 10.3 Å². The Morgan fingerprint density at radius 2 is 1.59 bits per heavy atom. The highest BCUT2D eigenvalue weighted by Gasteiger charge is 2.64. The summed E-state index contributed by atoms with van der Waals surface area (Å²) in [5, 5.41) is 1.68. The quantitative estimate of drug-likeness (QED) is 0.873. The van der Waals surface area contributed by atoms with Gasteiger partial charge in [0.15, 0.2) is 0 Å². The van der Waals surface area contributed by atoms with Crippen molar-refractivity contribution in [1.29, 1.82) is 0 Å². The third-order valence-electron chi connectivity index (χ3n) is 6.45. The van der Waals surface area contributed by atoms with Gasteiger partial charge in [0.2, 0.25) is 5.91 Å². The minimum absolute atomic E-state index is 0.0870. The van der Waals surface area contributed by atoms with Crippen molar-refractivity contribution >= 4 is 23.2 Å². The minimum Gasteiger partial charge on any atom is -0.294 e. The standard InChI is InChI=1S/C22H23N3O2/c1-21-15-22(13-7-8-14-22)20(27)24(21)18-12-6-5-11-17(18)19(26)25(21)23-16-9-3-2-4-10-16/h2-6,9-12,23H,7-8,13-15H2,1H3. The molecule has 2 heterocycles. The van der Waals surface area contributed by atoms with Gasteiger partial charge in [-0.15, -0.1) is 0 Å². The Balaban J connectivity index is 1.66. The Hall–Kier alpha value is -2.82. The van der Waals surface area contributed by atoms with Crippen molar-refractivity contribution in [3.63, 3.8) is 0 Å². The summed E-state index contributed by atoms with van der Waals surface area (Å²) in [5.74, 6) is 0.0818. The van der Waals surface area contributed by atoms with Crippen LogP contribution in [0.5, 0.6) is 0 Å². The molecule has 2 aromatic carbocycles. The van der Waals surface area contributed by atoms with Crippen LogP contribution in [0, 0.1) is 5.41 Å². The van der Waals surface area contributed by atoms with E-state index >= 15 is 0 Å². The summed E-state index contributed by atoms with van der Waals surface area (Å²) < 4.78 is 0. The molecule has 1 unspecified atom stereocenters. The molecule has 0 radical (unpaired) electrons. The first-order valence-electron chi connectivity index (χ1n) is 9.65. The summed E-state index contributed by atoms with van der Waals surface area (Å²) >= 11 is 0. The van der Waals surface area contributed by atoms with Crippen molar-refractivity contribution < 1.29 is 9.59 Å². The fourth-order valence-corrected chi connectivity index (χ4v) is 5.24. The van der Waals surface area contributed by atoms with E-state index in [2.05, 4.69) is 5.43 Å². The van der Waals surface area contributed by atoms with Gasteiger partial charge in [-0.25, -0.2) is 5.01 Å². The lowest BCUT2D eigenvalue weighted by atomic mass is 9.81. The first-order valence-corrected chi connectivity index (χ1v) is 9.65. The second-order valence-corrected chi connectivity index (χ2v) is 8.16. The predicted molar refractivity (Wildman–Crippen MR) is 104 cm³/mol. The maximum Gasteiger partial charge on any atom is 0.276 e. The smallest absolute Gasteiger partial charge is 0.276 e. The molecule has 0 bridgehead atoms. The van der Waals surface area contributed by atoms with E-state index in [0.29, 0.717) is 12.0 Å². The normalized spacial score (nSPS) is 25.7. The molecule has 3 aliphatic rings. The maximum atomic E-state index is 13.6. The van der Waals surface area contributed by atoms with Crippen molar-refractivity contribution in [2.24, 2.45) is 5.41 Å². The number of benzene rings is 2. The van der Waals surface area contributed by atoms with Crippen LogP contribution in [-0.2, 0) is 4.79 Å². The fraction of sp³-hybridized carbons (Fsp3) is 0.364. The molecule has 5 rings (SSSR count). The van der Waals surface area contributed by atoms with Gasteiger partial charge >= 0.3 is 0 Å². The number of carbonyl (C=O) groups excluding carboxylic acids is 2. The van der Waals surface area contributed by atoms with E-state index in [1.54, 1.807) is 5.01 Å². The predicted octanol–water partition coefficient (Wildman–Crippen LogP) is 4.18. The Morgan fingerprint density at radius 1 is 0.926 bits per heavy atom. The minimum atomic E-state index is -0.720. The lowest BCUT2D eigenvalue weighted by molar-refractivity contribution is -0.125. The number of hydrogen-bond acceptors (Lipinski definition) is 3. The average Bonchev–Trinajstić information content (AvgIpc) is 3.23. The number of rotatable bonds is 2. The summed E-state index contributed by atoms with van der Waals surface area (Å²) in [6, 6.07) is 17.1. The van der Waals surface area contributed by atoms with Crippen LogP contribution >= 0.6 is 0 Å². The van der Waals surface area contributed by atoms with E-state index < -0.39 is 5.66 Å². The highest BCUT2D eigenvalue weighted by molar-refractivity contribution is 6.12. The Bertz CT molecular complexity index is 920. The van der Waals surface area contributed by atoms with Gasteiger partial charge in [0, 0.05) is 6.42 Å². The molecule has 2 aliphatic heterocycles. The molecule has 27 heavy (non-hydrogen) atoms. The van der Waals surface area contributed by atoms with Crippen molar-refractivity contribution in [1.82, 2.24) is 5.01 Å². The molecular weight excluding hydrogens is 338 g/mol. The third-order valence-corrected chi connectivity index (χ3v) is 6.45. The molecule has 1 atom stereocenters. The molecule has 5 heteroatoms. The molecule has 1 spiro atoms. The zero-order valence-corrected chi connectivity index (χ0v) is 15.4. The molecular formula is C22H23N3O2. The first kappa shape index (κ1) is 16.4. The molecule has 0 aromatic heterocycles. The molecule has 1 aliphatic carbocycles.